The molecule has 16 heavy (non-hydrogen) atoms. The van der Waals surface area contributed by atoms with E-state index in [0.29, 0.717) is 0 Å². The molecule has 0 aromatic carbocycles. The highest BCUT2D eigenvalue weighted by molar-refractivity contribution is 5.54. The molecule has 0 saturated carbocycles. The van der Waals surface area contributed by atoms with Crippen LogP contribution >= 0.6 is 0 Å². The van der Waals surface area contributed by atoms with Crippen LogP contribution < -0.4 is 0 Å². The zero-order valence-electron chi connectivity index (χ0n) is 7.81. The van der Waals surface area contributed by atoms with E-state index in [4.69, 9.17) is 0 Å². The molecule has 7 heteroatoms. The Morgan fingerprint density at radius 1 is 1.00 bits per heavy atom. The van der Waals surface area contributed by atoms with Gasteiger partial charge in [-0.25, -0.2) is 15.0 Å². The second kappa shape index (κ2) is 3.84. The van der Waals surface area contributed by atoms with Crippen molar-refractivity contribution in [2.75, 3.05) is 0 Å². The summed E-state index contributed by atoms with van der Waals surface area (Å²) in [6, 6.07) is 2.31. The summed E-state index contributed by atoms with van der Waals surface area (Å²) in [7, 11) is 0. The molecule has 0 radical (unpaired) electrons. The number of rotatable bonds is 1. The zero-order valence-corrected chi connectivity index (χ0v) is 7.81. The van der Waals surface area contributed by atoms with Crippen molar-refractivity contribution in [3.05, 3.63) is 36.7 Å². The minimum atomic E-state index is -4.47. The predicted octanol–water partition coefficient (Wildman–Crippen LogP) is 1.95. The van der Waals surface area contributed by atoms with Crippen molar-refractivity contribution in [2.24, 2.45) is 0 Å². The summed E-state index contributed by atoms with van der Waals surface area (Å²) < 4.78 is 37.1. The number of nitrogens with zero attached hydrogens (tertiary/aromatic N) is 4. The van der Waals surface area contributed by atoms with Gasteiger partial charge in [-0.2, -0.15) is 13.2 Å². The van der Waals surface area contributed by atoms with Crippen molar-refractivity contribution in [3.8, 4) is 11.4 Å². The van der Waals surface area contributed by atoms with Crippen LogP contribution in [0.25, 0.3) is 11.4 Å². The summed E-state index contributed by atoms with van der Waals surface area (Å²) >= 11 is 0. The summed E-state index contributed by atoms with van der Waals surface area (Å²) in [4.78, 5) is 14.3. The summed E-state index contributed by atoms with van der Waals surface area (Å²) in [6.07, 6.45) is -0.961. The zero-order chi connectivity index (χ0) is 11.6. The number of halogens is 3. The van der Waals surface area contributed by atoms with Crippen molar-refractivity contribution in [3.63, 3.8) is 0 Å². The SMILES string of the molecule is FC(F)(F)c1cc(-c2ncncn2)ccn1. The molecule has 2 heterocycles. The minimum Gasteiger partial charge on any atom is -0.252 e. The first kappa shape index (κ1) is 10.5. The van der Waals surface area contributed by atoms with Crippen LogP contribution in [0, 0.1) is 0 Å². The molecule has 0 aliphatic heterocycles. The van der Waals surface area contributed by atoms with Gasteiger partial charge in [0.05, 0.1) is 0 Å². The van der Waals surface area contributed by atoms with Gasteiger partial charge >= 0.3 is 6.18 Å². The first-order valence-electron chi connectivity index (χ1n) is 4.23. The van der Waals surface area contributed by atoms with Gasteiger partial charge in [-0.1, -0.05) is 0 Å². The van der Waals surface area contributed by atoms with Gasteiger partial charge in [0.2, 0.25) is 0 Å². The average molecular weight is 226 g/mol. The van der Waals surface area contributed by atoms with Crippen LogP contribution in [0.2, 0.25) is 0 Å². The lowest BCUT2D eigenvalue weighted by Crippen LogP contribution is -2.07. The van der Waals surface area contributed by atoms with Gasteiger partial charge in [0.1, 0.15) is 18.3 Å². The molecule has 0 bridgehead atoms. The third-order valence-corrected chi connectivity index (χ3v) is 1.80. The molecule has 2 rings (SSSR count). The maximum atomic E-state index is 12.4. The fourth-order valence-electron chi connectivity index (χ4n) is 1.11. The molecule has 0 aliphatic carbocycles. The minimum absolute atomic E-state index is 0.183. The number of pyridine rings is 1. The maximum Gasteiger partial charge on any atom is 0.433 e. The monoisotopic (exact) mass is 226 g/mol. The fourth-order valence-corrected chi connectivity index (χ4v) is 1.11. The van der Waals surface area contributed by atoms with Crippen molar-refractivity contribution >= 4 is 0 Å². The Morgan fingerprint density at radius 3 is 2.31 bits per heavy atom. The fraction of sp³-hybridized carbons (Fsp3) is 0.111. The molecular weight excluding hydrogens is 221 g/mol. The summed E-state index contributed by atoms with van der Waals surface area (Å²) in [5.74, 6) is 0.183. The van der Waals surface area contributed by atoms with E-state index in [-0.39, 0.29) is 11.4 Å². The predicted molar refractivity (Wildman–Crippen MR) is 48.1 cm³/mol. The van der Waals surface area contributed by atoms with Crippen LogP contribution in [-0.4, -0.2) is 19.9 Å². The molecule has 0 aliphatic rings. The lowest BCUT2D eigenvalue weighted by atomic mass is 10.2. The molecule has 0 unspecified atom stereocenters. The molecule has 0 fully saturated rings. The first-order chi connectivity index (χ1) is 7.57. The van der Waals surface area contributed by atoms with Crippen LogP contribution in [0.3, 0.4) is 0 Å². The number of hydrogen-bond donors (Lipinski definition) is 0. The highest BCUT2D eigenvalue weighted by Crippen LogP contribution is 2.29. The van der Waals surface area contributed by atoms with Gasteiger partial charge in [-0.05, 0) is 12.1 Å². The summed E-state index contributed by atoms with van der Waals surface area (Å²) in [6.45, 7) is 0. The molecule has 82 valence electrons. The lowest BCUT2D eigenvalue weighted by molar-refractivity contribution is -0.141. The van der Waals surface area contributed by atoms with Crippen LogP contribution in [0.15, 0.2) is 31.0 Å². The molecule has 2 aromatic heterocycles. The average Bonchev–Trinajstić information content (AvgIpc) is 2.29. The number of alkyl halides is 3. The molecule has 0 N–H and O–H groups in total. The van der Waals surface area contributed by atoms with E-state index in [1.807, 2.05) is 0 Å². The van der Waals surface area contributed by atoms with Gasteiger partial charge < -0.3 is 0 Å². The smallest absolute Gasteiger partial charge is 0.252 e. The van der Waals surface area contributed by atoms with Crippen molar-refractivity contribution in [1.29, 1.82) is 0 Å². The molecule has 0 spiro atoms. The molecule has 0 atom stereocenters. The Hall–Kier alpha value is -2.05. The van der Waals surface area contributed by atoms with E-state index in [0.717, 1.165) is 12.3 Å². The van der Waals surface area contributed by atoms with Gasteiger partial charge in [-0.3, -0.25) is 4.98 Å². The maximum absolute atomic E-state index is 12.4. The Morgan fingerprint density at radius 2 is 1.69 bits per heavy atom. The quantitative estimate of drug-likeness (QED) is 0.745. The standard InChI is InChI=1S/C9H5F3N4/c10-9(11,12)7-3-6(1-2-14-7)8-15-4-13-5-16-8/h1-5H. The van der Waals surface area contributed by atoms with Gasteiger partial charge in [-0.15, -0.1) is 0 Å². The second-order valence-corrected chi connectivity index (χ2v) is 2.89. The van der Waals surface area contributed by atoms with Crippen LogP contribution in [0.1, 0.15) is 5.69 Å². The highest BCUT2D eigenvalue weighted by Gasteiger charge is 2.32. The first-order valence-corrected chi connectivity index (χ1v) is 4.23. The van der Waals surface area contributed by atoms with E-state index in [1.54, 1.807) is 0 Å². The molecule has 0 amide bonds. The Kier molecular flexibility index (Phi) is 2.51. The van der Waals surface area contributed by atoms with Gasteiger partial charge in [0, 0.05) is 11.8 Å². The molecule has 0 saturated heterocycles. The Labute approximate surface area is 88.2 Å². The van der Waals surface area contributed by atoms with E-state index >= 15 is 0 Å². The second-order valence-electron chi connectivity index (χ2n) is 2.89. The highest BCUT2D eigenvalue weighted by atomic mass is 19.4. The Balaban J connectivity index is 2.45. The van der Waals surface area contributed by atoms with Crippen LogP contribution in [0.5, 0.6) is 0 Å². The largest absolute Gasteiger partial charge is 0.433 e. The van der Waals surface area contributed by atoms with E-state index in [2.05, 4.69) is 19.9 Å². The Bertz CT molecular complexity index is 484. The van der Waals surface area contributed by atoms with Crippen molar-refractivity contribution in [2.45, 2.75) is 6.18 Å². The van der Waals surface area contributed by atoms with Crippen LogP contribution in [-0.2, 0) is 6.18 Å². The number of aromatic nitrogens is 4. The molecular formula is C9H5F3N4. The normalized spacial score (nSPS) is 11.4. The third kappa shape index (κ3) is 2.13. The van der Waals surface area contributed by atoms with Crippen molar-refractivity contribution < 1.29 is 13.2 Å². The van der Waals surface area contributed by atoms with Crippen molar-refractivity contribution in [1.82, 2.24) is 19.9 Å². The third-order valence-electron chi connectivity index (χ3n) is 1.80. The van der Waals surface area contributed by atoms with Gasteiger partial charge in [0.15, 0.2) is 5.82 Å². The lowest BCUT2D eigenvalue weighted by Gasteiger charge is -2.06. The van der Waals surface area contributed by atoms with E-state index in [1.165, 1.54) is 18.7 Å². The summed E-state index contributed by atoms with van der Waals surface area (Å²) in [5.41, 5.74) is -0.713. The molecule has 2 aromatic rings. The van der Waals surface area contributed by atoms with E-state index < -0.39 is 11.9 Å². The van der Waals surface area contributed by atoms with Crippen LogP contribution in [0.4, 0.5) is 13.2 Å². The molecule has 4 nitrogen and oxygen atoms in total. The van der Waals surface area contributed by atoms with E-state index in [9.17, 15) is 13.2 Å². The topological polar surface area (TPSA) is 51.6 Å². The number of hydrogen-bond acceptors (Lipinski definition) is 4. The summed E-state index contributed by atoms with van der Waals surface area (Å²) in [5, 5.41) is 0. The van der Waals surface area contributed by atoms with Gasteiger partial charge in [0.25, 0.3) is 0 Å².